The van der Waals surface area contributed by atoms with E-state index in [1.165, 1.54) is 18.2 Å². The number of aliphatic hydroxyl groups excluding tert-OH is 2. The Morgan fingerprint density at radius 3 is 2.63 bits per heavy atom. The predicted octanol–water partition coefficient (Wildman–Crippen LogP) is 1.90. The second kappa shape index (κ2) is 6.90. The smallest absolute Gasteiger partial charge is 0.190 e. The highest BCUT2D eigenvalue weighted by atomic mass is 19.1. The number of carbonyl (C=O) groups is 2. The molecule has 0 radical (unpaired) electrons. The van der Waals surface area contributed by atoms with E-state index < -0.39 is 47.0 Å². The van der Waals surface area contributed by atoms with Gasteiger partial charge in [-0.1, -0.05) is 26.0 Å². The molecule has 3 rings (SSSR count). The van der Waals surface area contributed by atoms with Crippen LogP contribution < -0.4 is 0 Å². The van der Waals surface area contributed by atoms with Gasteiger partial charge in [-0.3, -0.25) is 9.59 Å². The highest BCUT2D eigenvalue weighted by molar-refractivity contribution is 5.99. The van der Waals surface area contributed by atoms with E-state index in [1.807, 2.05) is 0 Å². The third-order valence-electron chi connectivity index (χ3n) is 7.49. The zero-order chi connectivity index (χ0) is 20.0. The van der Waals surface area contributed by atoms with Crippen molar-refractivity contribution in [1.82, 2.24) is 0 Å². The number of halogens is 1. The van der Waals surface area contributed by atoms with Crippen molar-refractivity contribution in [2.75, 3.05) is 6.61 Å². The molecule has 150 valence electrons. The molecule has 5 nitrogen and oxygen atoms in total. The van der Waals surface area contributed by atoms with E-state index >= 15 is 4.39 Å². The molecule has 2 fully saturated rings. The molecule has 0 heterocycles. The second-order valence-electron chi connectivity index (χ2n) is 8.75. The monoisotopic (exact) mass is 380 g/mol. The lowest BCUT2D eigenvalue weighted by Crippen LogP contribution is -2.64. The summed E-state index contributed by atoms with van der Waals surface area (Å²) in [5, 5.41) is 31.5. The molecule has 0 saturated heterocycles. The molecule has 3 N–H and O–H groups in total. The molecule has 0 aromatic rings. The van der Waals surface area contributed by atoms with Crippen molar-refractivity contribution in [3.05, 3.63) is 24.3 Å². The van der Waals surface area contributed by atoms with E-state index in [1.54, 1.807) is 19.9 Å². The van der Waals surface area contributed by atoms with Crippen molar-refractivity contribution in [3.63, 3.8) is 0 Å². The summed E-state index contributed by atoms with van der Waals surface area (Å²) in [6.45, 7) is 2.71. The number of carbonyl (C=O) groups excluding carboxylic acids is 2. The van der Waals surface area contributed by atoms with Gasteiger partial charge in [-0.15, -0.1) is 0 Å². The Hall–Kier alpha value is -1.37. The first-order valence-corrected chi connectivity index (χ1v) is 9.71. The van der Waals surface area contributed by atoms with Gasteiger partial charge in [-0.25, -0.2) is 4.39 Å². The fourth-order valence-electron chi connectivity index (χ4n) is 6.05. The number of allylic oxidation sites excluding steroid dienone is 4. The molecule has 27 heavy (non-hydrogen) atoms. The van der Waals surface area contributed by atoms with Gasteiger partial charge in [0.25, 0.3) is 0 Å². The molecule has 2 saturated carbocycles. The Morgan fingerprint density at radius 1 is 1.30 bits per heavy atom. The number of hydrogen-bond donors (Lipinski definition) is 3. The maximum Gasteiger partial charge on any atom is 0.190 e. The van der Waals surface area contributed by atoms with Crippen LogP contribution in [0, 0.1) is 23.2 Å². The summed E-state index contributed by atoms with van der Waals surface area (Å²) in [7, 11) is 0. The number of alkyl halides is 1. The van der Waals surface area contributed by atoms with E-state index in [4.69, 9.17) is 0 Å². The van der Waals surface area contributed by atoms with Gasteiger partial charge < -0.3 is 15.3 Å². The van der Waals surface area contributed by atoms with Gasteiger partial charge >= 0.3 is 0 Å². The van der Waals surface area contributed by atoms with Crippen molar-refractivity contribution in [1.29, 1.82) is 0 Å². The topological polar surface area (TPSA) is 94.8 Å². The number of aliphatic hydroxyl groups is 3. The number of hydrogen-bond acceptors (Lipinski definition) is 5. The predicted molar refractivity (Wildman–Crippen MR) is 97.5 cm³/mol. The third-order valence-corrected chi connectivity index (χ3v) is 7.49. The SMILES string of the molecule is CC1CC2C3CCC=CC(=O)C=CCC3(F)C(O)CC2(C)C1(O)C(=O)CO. The fraction of sp³-hybridized carbons (Fsp3) is 0.714. The summed E-state index contributed by atoms with van der Waals surface area (Å²) >= 11 is 0. The van der Waals surface area contributed by atoms with Crippen LogP contribution in [0.25, 0.3) is 0 Å². The van der Waals surface area contributed by atoms with Crippen molar-refractivity contribution in [3.8, 4) is 0 Å². The molecule has 6 heteroatoms. The van der Waals surface area contributed by atoms with Gasteiger partial charge in [0.05, 0.1) is 6.10 Å². The second-order valence-corrected chi connectivity index (χ2v) is 8.75. The van der Waals surface area contributed by atoms with Gasteiger partial charge in [0.2, 0.25) is 0 Å². The first kappa shape index (κ1) is 20.4. The van der Waals surface area contributed by atoms with Crippen LogP contribution in [0.3, 0.4) is 0 Å². The van der Waals surface area contributed by atoms with Crippen molar-refractivity contribution in [2.24, 2.45) is 23.2 Å². The largest absolute Gasteiger partial charge is 0.390 e. The molecule has 0 aromatic heterocycles. The molecule has 0 aliphatic heterocycles. The molecule has 0 amide bonds. The van der Waals surface area contributed by atoms with Crippen LogP contribution in [0.15, 0.2) is 24.3 Å². The molecule has 3 aliphatic rings. The summed E-state index contributed by atoms with van der Waals surface area (Å²) in [6, 6.07) is 0. The molecule has 0 bridgehead atoms. The molecule has 7 atom stereocenters. The van der Waals surface area contributed by atoms with Crippen LogP contribution in [0.1, 0.15) is 46.0 Å². The normalized spacial score (nSPS) is 47.4. The fourth-order valence-corrected chi connectivity index (χ4v) is 6.05. The maximum atomic E-state index is 16.1. The van der Waals surface area contributed by atoms with Crippen LogP contribution >= 0.6 is 0 Å². The lowest BCUT2D eigenvalue weighted by Gasteiger charge is -2.55. The van der Waals surface area contributed by atoms with Gasteiger partial charge in [0.1, 0.15) is 17.9 Å². The van der Waals surface area contributed by atoms with Gasteiger partial charge in [0.15, 0.2) is 11.6 Å². The summed E-state index contributed by atoms with van der Waals surface area (Å²) in [6.07, 6.45) is 5.81. The Labute approximate surface area is 159 Å². The number of ketones is 2. The minimum Gasteiger partial charge on any atom is -0.390 e. The number of fused-ring (bicyclic) bond motifs is 3. The molecule has 3 aliphatic carbocycles. The minimum atomic E-state index is -1.92. The Bertz CT molecular complexity index is 688. The zero-order valence-corrected chi connectivity index (χ0v) is 15.9. The van der Waals surface area contributed by atoms with Gasteiger partial charge in [-0.05, 0) is 55.6 Å². The molecular formula is C21H29FO5. The van der Waals surface area contributed by atoms with Crippen molar-refractivity contribution < 1.29 is 29.3 Å². The Balaban J connectivity index is 2.05. The lowest BCUT2D eigenvalue weighted by molar-refractivity contribution is -0.195. The average Bonchev–Trinajstić information content (AvgIpc) is 2.82. The highest BCUT2D eigenvalue weighted by Gasteiger charge is 2.71. The van der Waals surface area contributed by atoms with Crippen molar-refractivity contribution in [2.45, 2.75) is 63.3 Å². The van der Waals surface area contributed by atoms with E-state index in [9.17, 15) is 24.9 Å². The van der Waals surface area contributed by atoms with E-state index in [0.717, 1.165) is 0 Å². The zero-order valence-electron chi connectivity index (χ0n) is 15.9. The summed E-state index contributed by atoms with van der Waals surface area (Å²) in [5.74, 6) is -2.17. The summed E-state index contributed by atoms with van der Waals surface area (Å²) in [5.41, 5.74) is -4.72. The van der Waals surface area contributed by atoms with E-state index in [-0.39, 0.29) is 24.5 Å². The van der Waals surface area contributed by atoms with Crippen LogP contribution in [0.4, 0.5) is 4.39 Å². The first-order valence-electron chi connectivity index (χ1n) is 9.71. The molecule has 0 aromatic carbocycles. The number of rotatable bonds is 2. The summed E-state index contributed by atoms with van der Waals surface area (Å²) < 4.78 is 16.1. The lowest BCUT2D eigenvalue weighted by atomic mass is 9.52. The van der Waals surface area contributed by atoms with Crippen molar-refractivity contribution >= 4 is 11.6 Å². The molecular weight excluding hydrogens is 351 g/mol. The van der Waals surface area contributed by atoms with Crippen LogP contribution in [-0.2, 0) is 9.59 Å². The third kappa shape index (κ3) is 2.84. The van der Waals surface area contributed by atoms with Gasteiger partial charge in [0, 0.05) is 11.8 Å². The first-order chi connectivity index (χ1) is 12.6. The number of Topliss-reactive ketones (excluding diaryl/α,β-unsaturated/α-hetero) is 1. The average molecular weight is 380 g/mol. The Morgan fingerprint density at radius 2 is 1.96 bits per heavy atom. The van der Waals surface area contributed by atoms with Crippen LogP contribution in [0.2, 0.25) is 0 Å². The maximum absolute atomic E-state index is 16.1. The molecule has 0 spiro atoms. The Kier molecular flexibility index (Phi) is 5.21. The van der Waals surface area contributed by atoms with E-state index in [2.05, 4.69) is 0 Å². The van der Waals surface area contributed by atoms with Gasteiger partial charge in [-0.2, -0.15) is 0 Å². The highest BCUT2D eigenvalue weighted by Crippen LogP contribution is 2.65. The standard InChI is InChI=1S/C21H29FO5/c1-13-10-16-15-8-4-3-6-14(24)7-5-9-20(15,22)17(25)11-19(16,2)21(13,27)18(26)12-23/h3,5-7,13,15-17,23,25,27H,4,8-12H2,1-2H3. The van der Waals surface area contributed by atoms with E-state index in [0.29, 0.717) is 19.3 Å². The minimum absolute atomic E-state index is 0.0606. The summed E-state index contributed by atoms with van der Waals surface area (Å²) in [4.78, 5) is 24.1. The van der Waals surface area contributed by atoms with Crippen LogP contribution in [0.5, 0.6) is 0 Å². The molecule has 7 unspecified atom stereocenters. The van der Waals surface area contributed by atoms with Crippen LogP contribution in [-0.4, -0.2) is 50.9 Å². The quantitative estimate of drug-likeness (QED) is 0.680.